The van der Waals surface area contributed by atoms with E-state index in [2.05, 4.69) is 5.32 Å². The lowest BCUT2D eigenvalue weighted by Gasteiger charge is -2.10. The van der Waals surface area contributed by atoms with Gasteiger partial charge >= 0.3 is 0 Å². The van der Waals surface area contributed by atoms with Crippen molar-refractivity contribution in [2.45, 2.75) is 31.8 Å². The van der Waals surface area contributed by atoms with Crippen LogP contribution >= 0.6 is 11.3 Å². The molecule has 4 heteroatoms. The van der Waals surface area contributed by atoms with Crippen molar-refractivity contribution >= 4 is 27.3 Å². The summed E-state index contributed by atoms with van der Waals surface area (Å²) in [6.45, 7) is 0.302. The minimum Gasteiger partial charge on any atom is -0.386 e. The van der Waals surface area contributed by atoms with Crippen molar-refractivity contribution in [2.75, 3.05) is 6.54 Å². The second-order valence-electron chi connectivity index (χ2n) is 5.49. The molecule has 1 aromatic heterocycles. The van der Waals surface area contributed by atoms with Gasteiger partial charge in [0, 0.05) is 22.5 Å². The van der Waals surface area contributed by atoms with E-state index >= 15 is 0 Å². The quantitative estimate of drug-likeness (QED) is 0.857. The molecule has 0 aliphatic heterocycles. The lowest BCUT2D eigenvalue weighted by molar-refractivity contribution is -0.121. The van der Waals surface area contributed by atoms with Crippen LogP contribution in [0.15, 0.2) is 30.3 Å². The van der Waals surface area contributed by atoms with Crippen molar-refractivity contribution in [1.82, 2.24) is 5.32 Å². The number of rotatable bonds is 6. The SMILES string of the molecule is O=C(CCC1CC1)NCC(O)c1cc2ccccc2s1. The van der Waals surface area contributed by atoms with Gasteiger partial charge in [-0.15, -0.1) is 11.3 Å². The number of hydrogen-bond donors (Lipinski definition) is 2. The average Bonchev–Trinajstić information content (AvgIpc) is 3.19. The van der Waals surface area contributed by atoms with E-state index in [0.717, 1.165) is 22.6 Å². The van der Waals surface area contributed by atoms with Gasteiger partial charge in [0.15, 0.2) is 0 Å². The first-order valence-corrected chi connectivity index (χ1v) is 7.97. The first kappa shape index (κ1) is 13.6. The number of nitrogens with one attached hydrogen (secondary N) is 1. The summed E-state index contributed by atoms with van der Waals surface area (Å²) in [4.78, 5) is 12.6. The number of fused-ring (bicyclic) bond motifs is 1. The fraction of sp³-hybridized carbons (Fsp3) is 0.438. The van der Waals surface area contributed by atoms with Crippen molar-refractivity contribution in [1.29, 1.82) is 0 Å². The molecule has 3 rings (SSSR count). The Kier molecular flexibility index (Phi) is 4.03. The third kappa shape index (κ3) is 3.38. The van der Waals surface area contributed by atoms with Gasteiger partial charge in [-0.1, -0.05) is 31.0 Å². The number of aliphatic hydroxyl groups is 1. The van der Waals surface area contributed by atoms with Crippen molar-refractivity contribution in [3.8, 4) is 0 Å². The number of benzene rings is 1. The third-order valence-electron chi connectivity index (χ3n) is 3.74. The minimum atomic E-state index is -0.614. The van der Waals surface area contributed by atoms with Crippen LogP contribution in [-0.4, -0.2) is 17.6 Å². The van der Waals surface area contributed by atoms with Crippen LogP contribution in [0.5, 0.6) is 0 Å². The largest absolute Gasteiger partial charge is 0.386 e. The summed E-state index contributed by atoms with van der Waals surface area (Å²) in [7, 11) is 0. The van der Waals surface area contributed by atoms with E-state index < -0.39 is 6.10 Å². The summed E-state index contributed by atoms with van der Waals surface area (Å²) in [5.74, 6) is 0.824. The molecule has 2 aromatic rings. The normalized spacial score (nSPS) is 16.2. The highest BCUT2D eigenvalue weighted by molar-refractivity contribution is 7.19. The fourth-order valence-corrected chi connectivity index (χ4v) is 3.36. The maximum Gasteiger partial charge on any atom is 0.220 e. The molecule has 1 aliphatic carbocycles. The Bertz CT molecular complexity index is 570. The minimum absolute atomic E-state index is 0.0528. The second-order valence-corrected chi connectivity index (χ2v) is 6.60. The molecular formula is C16H19NO2S. The van der Waals surface area contributed by atoms with Gasteiger partial charge in [0.05, 0.1) is 0 Å². The van der Waals surface area contributed by atoms with Gasteiger partial charge in [-0.3, -0.25) is 4.79 Å². The summed E-state index contributed by atoms with van der Waals surface area (Å²) in [6.07, 6.45) is 3.52. The predicted molar refractivity (Wildman–Crippen MR) is 81.8 cm³/mol. The van der Waals surface area contributed by atoms with E-state index in [9.17, 15) is 9.90 Å². The van der Waals surface area contributed by atoms with E-state index in [1.54, 1.807) is 11.3 Å². The van der Waals surface area contributed by atoms with Crippen molar-refractivity contribution in [3.05, 3.63) is 35.2 Å². The maximum atomic E-state index is 11.7. The highest BCUT2D eigenvalue weighted by Gasteiger charge is 2.22. The number of amides is 1. The zero-order valence-corrected chi connectivity index (χ0v) is 12.2. The summed E-state index contributed by atoms with van der Waals surface area (Å²) in [5.41, 5.74) is 0. The first-order valence-electron chi connectivity index (χ1n) is 7.15. The molecule has 1 atom stereocenters. The lowest BCUT2D eigenvalue weighted by Crippen LogP contribution is -2.27. The molecule has 0 radical (unpaired) electrons. The molecule has 106 valence electrons. The molecule has 1 amide bonds. The van der Waals surface area contributed by atoms with Crippen LogP contribution in [0.25, 0.3) is 10.1 Å². The van der Waals surface area contributed by atoms with E-state index in [0.29, 0.717) is 13.0 Å². The molecule has 0 spiro atoms. The first-order chi connectivity index (χ1) is 9.72. The van der Waals surface area contributed by atoms with Gasteiger partial charge in [0.1, 0.15) is 6.10 Å². The highest BCUT2D eigenvalue weighted by atomic mass is 32.1. The second kappa shape index (κ2) is 5.94. The van der Waals surface area contributed by atoms with Crippen LogP contribution in [-0.2, 0) is 4.79 Å². The number of carbonyl (C=O) groups excluding carboxylic acids is 1. The molecule has 1 saturated carbocycles. The summed E-state index contributed by atoms with van der Waals surface area (Å²) < 4.78 is 1.17. The van der Waals surface area contributed by atoms with Gasteiger partial charge in [-0.25, -0.2) is 0 Å². The Morgan fingerprint density at radius 1 is 1.40 bits per heavy atom. The van der Waals surface area contributed by atoms with E-state index in [-0.39, 0.29) is 5.91 Å². The zero-order chi connectivity index (χ0) is 13.9. The molecule has 20 heavy (non-hydrogen) atoms. The number of hydrogen-bond acceptors (Lipinski definition) is 3. The highest BCUT2D eigenvalue weighted by Crippen LogP contribution is 2.33. The Morgan fingerprint density at radius 3 is 2.95 bits per heavy atom. The van der Waals surface area contributed by atoms with E-state index in [1.807, 2.05) is 30.3 Å². The van der Waals surface area contributed by atoms with Gasteiger partial charge in [-0.2, -0.15) is 0 Å². The van der Waals surface area contributed by atoms with Gasteiger partial charge < -0.3 is 10.4 Å². The Labute approximate surface area is 122 Å². The van der Waals surface area contributed by atoms with Gasteiger partial charge in [0.25, 0.3) is 0 Å². The number of aliphatic hydroxyl groups excluding tert-OH is 1. The topological polar surface area (TPSA) is 49.3 Å². The summed E-state index contributed by atoms with van der Waals surface area (Å²) >= 11 is 1.58. The molecule has 3 nitrogen and oxygen atoms in total. The molecule has 1 aromatic carbocycles. The molecule has 0 saturated heterocycles. The van der Waals surface area contributed by atoms with Crippen molar-refractivity contribution in [2.24, 2.45) is 5.92 Å². The van der Waals surface area contributed by atoms with Gasteiger partial charge in [-0.05, 0) is 29.9 Å². The number of carbonyl (C=O) groups is 1. The van der Waals surface area contributed by atoms with Crippen LogP contribution < -0.4 is 5.32 Å². The van der Waals surface area contributed by atoms with Crippen LogP contribution in [0, 0.1) is 5.92 Å². The van der Waals surface area contributed by atoms with Crippen LogP contribution in [0.2, 0.25) is 0 Å². The van der Waals surface area contributed by atoms with Crippen LogP contribution in [0.3, 0.4) is 0 Å². The molecule has 2 N–H and O–H groups in total. The molecule has 0 bridgehead atoms. The lowest BCUT2D eigenvalue weighted by atomic mass is 10.2. The molecule has 1 heterocycles. The monoisotopic (exact) mass is 289 g/mol. The third-order valence-corrected chi connectivity index (χ3v) is 4.96. The molecule has 1 unspecified atom stereocenters. The summed E-state index contributed by atoms with van der Waals surface area (Å²) in [6, 6.07) is 10.1. The standard InChI is InChI=1S/C16H19NO2S/c18-13(10-17-16(19)8-7-11-5-6-11)15-9-12-3-1-2-4-14(12)20-15/h1-4,9,11,13,18H,5-8,10H2,(H,17,19). The molecule has 1 fully saturated rings. The van der Waals surface area contributed by atoms with Crippen LogP contribution in [0.1, 0.15) is 36.7 Å². The number of thiophene rings is 1. The smallest absolute Gasteiger partial charge is 0.220 e. The average molecular weight is 289 g/mol. The fourth-order valence-electron chi connectivity index (χ4n) is 2.31. The molecule has 1 aliphatic rings. The Morgan fingerprint density at radius 2 is 2.20 bits per heavy atom. The van der Waals surface area contributed by atoms with Crippen molar-refractivity contribution < 1.29 is 9.90 Å². The predicted octanol–water partition coefficient (Wildman–Crippen LogP) is 3.24. The Balaban J connectivity index is 1.52. The maximum absolute atomic E-state index is 11.7. The van der Waals surface area contributed by atoms with E-state index in [4.69, 9.17) is 0 Å². The zero-order valence-electron chi connectivity index (χ0n) is 11.3. The summed E-state index contributed by atoms with van der Waals surface area (Å²) in [5, 5.41) is 14.1. The van der Waals surface area contributed by atoms with Crippen LogP contribution in [0.4, 0.5) is 0 Å². The molecular weight excluding hydrogens is 270 g/mol. The van der Waals surface area contributed by atoms with Gasteiger partial charge in [0.2, 0.25) is 5.91 Å². The van der Waals surface area contributed by atoms with E-state index in [1.165, 1.54) is 17.5 Å². The Hall–Kier alpha value is -1.39. The van der Waals surface area contributed by atoms with Crippen molar-refractivity contribution in [3.63, 3.8) is 0 Å².